The Kier molecular flexibility index (Phi) is 16.1. The third kappa shape index (κ3) is 15.0. The Labute approximate surface area is 302 Å². The number of hydrogen-bond acceptors (Lipinski definition) is 7. The summed E-state index contributed by atoms with van der Waals surface area (Å²) in [5, 5.41) is 20.1. The quantitative estimate of drug-likeness (QED) is 0.121. The summed E-state index contributed by atoms with van der Waals surface area (Å²) in [5.74, 6) is -1.08. The molecule has 0 aliphatic rings. The van der Waals surface area contributed by atoms with Crippen molar-refractivity contribution < 1.29 is 29.0 Å². The Bertz CT molecular complexity index is 1490. The molecule has 12 heteroatoms. The van der Waals surface area contributed by atoms with Crippen LogP contribution in [0.15, 0.2) is 73.2 Å². The van der Waals surface area contributed by atoms with E-state index in [1.807, 2.05) is 81.4 Å². The molecule has 0 bridgehead atoms. The number of rotatable bonds is 19. The number of alkyl carbamates (subject to hydrolysis) is 1. The van der Waals surface area contributed by atoms with Crippen LogP contribution < -0.4 is 16.0 Å². The molecular formula is C39H56N6O6. The number of H-pyrrole nitrogens is 1. The first-order chi connectivity index (χ1) is 24.2. The van der Waals surface area contributed by atoms with Gasteiger partial charge in [-0.2, -0.15) is 0 Å². The minimum absolute atomic E-state index is 0.0195. The van der Waals surface area contributed by atoms with Gasteiger partial charge in [0.1, 0.15) is 17.7 Å². The number of hydrogen-bond donors (Lipinski definition) is 5. The Morgan fingerprint density at radius 1 is 0.882 bits per heavy atom. The molecule has 12 nitrogen and oxygen atoms in total. The molecule has 1 unspecified atom stereocenters. The first-order valence-electron chi connectivity index (χ1n) is 17.8. The Balaban J connectivity index is 1.84. The lowest BCUT2D eigenvalue weighted by Gasteiger charge is -2.32. The third-order valence-corrected chi connectivity index (χ3v) is 8.14. The summed E-state index contributed by atoms with van der Waals surface area (Å²) in [6.45, 7) is 11.5. The SMILES string of the molecule is CCCCC(=O)N(Cc1ccccc1)CC(O)[C@H](CC(C)C)NC(=O)[C@H](Cc1cnc[nH]1)NC(=O)[C@H](Cc1ccccc1)NC(=O)OC(C)(C)C. The molecule has 3 rings (SSSR count). The number of unbranched alkanes of at least 4 members (excludes halogenated alkanes) is 1. The van der Waals surface area contributed by atoms with Gasteiger partial charge in [0.25, 0.3) is 0 Å². The monoisotopic (exact) mass is 704 g/mol. The van der Waals surface area contributed by atoms with Gasteiger partial charge in [-0.05, 0) is 50.7 Å². The van der Waals surface area contributed by atoms with Crippen LogP contribution in [-0.4, -0.2) is 80.2 Å². The molecule has 0 saturated heterocycles. The summed E-state index contributed by atoms with van der Waals surface area (Å²) in [7, 11) is 0. The van der Waals surface area contributed by atoms with Gasteiger partial charge in [0.15, 0.2) is 0 Å². The van der Waals surface area contributed by atoms with Crippen molar-refractivity contribution in [1.82, 2.24) is 30.8 Å². The van der Waals surface area contributed by atoms with Gasteiger partial charge in [0, 0.05) is 44.2 Å². The Morgan fingerprint density at radius 2 is 1.49 bits per heavy atom. The maximum Gasteiger partial charge on any atom is 0.408 e. The van der Waals surface area contributed by atoms with Gasteiger partial charge in [-0.1, -0.05) is 87.9 Å². The number of carbonyl (C=O) groups is 4. The number of nitrogens with zero attached hydrogens (tertiary/aromatic N) is 2. The van der Waals surface area contributed by atoms with E-state index in [9.17, 15) is 24.3 Å². The Morgan fingerprint density at radius 3 is 2.06 bits per heavy atom. The maximum atomic E-state index is 14.1. The van der Waals surface area contributed by atoms with E-state index < -0.39 is 47.7 Å². The van der Waals surface area contributed by atoms with Crippen molar-refractivity contribution in [3.63, 3.8) is 0 Å². The second-order valence-electron chi connectivity index (χ2n) is 14.4. The highest BCUT2D eigenvalue weighted by molar-refractivity contribution is 5.91. The molecule has 0 aliphatic carbocycles. The minimum Gasteiger partial charge on any atom is -0.444 e. The van der Waals surface area contributed by atoms with Crippen molar-refractivity contribution in [2.45, 2.75) is 116 Å². The molecule has 5 N–H and O–H groups in total. The van der Waals surface area contributed by atoms with Crippen molar-refractivity contribution in [2.24, 2.45) is 5.92 Å². The van der Waals surface area contributed by atoms with Gasteiger partial charge in [-0.25, -0.2) is 9.78 Å². The summed E-state index contributed by atoms with van der Waals surface area (Å²) in [5.41, 5.74) is 1.56. The molecule has 0 aliphatic heterocycles. The van der Waals surface area contributed by atoms with Crippen LogP contribution in [0.2, 0.25) is 0 Å². The lowest BCUT2D eigenvalue weighted by Crippen LogP contribution is -2.58. The van der Waals surface area contributed by atoms with Crippen LogP contribution in [0.5, 0.6) is 0 Å². The van der Waals surface area contributed by atoms with Gasteiger partial charge >= 0.3 is 6.09 Å². The van der Waals surface area contributed by atoms with Gasteiger partial charge in [-0.3, -0.25) is 14.4 Å². The number of nitrogens with one attached hydrogen (secondary N) is 4. The number of ether oxygens (including phenoxy) is 1. The highest BCUT2D eigenvalue weighted by Crippen LogP contribution is 2.15. The molecule has 3 aromatic rings. The molecule has 2 aromatic carbocycles. The fourth-order valence-corrected chi connectivity index (χ4v) is 5.61. The van der Waals surface area contributed by atoms with Crippen LogP contribution in [0, 0.1) is 5.92 Å². The van der Waals surface area contributed by atoms with Crippen LogP contribution in [0.25, 0.3) is 0 Å². The second-order valence-corrected chi connectivity index (χ2v) is 14.4. The standard InChI is InChI=1S/C39H56N6O6/c1-7-8-19-35(47)45(24-29-17-13-10-14-18-29)25-34(46)31(20-27(2)3)42-37(49)33(22-30-23-40-26-41-30)43-36(48)32(21-28-15-11-9-12-16-28)44-38(50)51-39(4,5)6/h9-18,23,26-27,31-34,46H,7-8,19-22,24-25H2,1-6H3,(H,40,41)(H,42,49)(H,43,48)(H,44,50)/t31-,32-,33-,34?/m0/s1. The first kappa shape index (κ1) is 40.7. The number of aromatic nitrogens is 2. The zero-order valence-corrected chi connectivity index (χ0v) is 30.9. The van der Waals surface area contributed by atoms with E-state index in [4.69, 9.17) is 4.74 Å². The molecular weight excluding hydrogens is 648 g/mol. The maximum absolute atomic E-state index is 14.1. The number of aliphatic hydroxyl groups is 1. The van der Waals surface area contributed by atoms with Gasteiger partial charge in [0.05, 0.1) is 18.5 Å². The summed E-state index contributed by atoms with van der Waals surface area (Å²) < 4.78 is 5.44. The number of benzene rings is 2. The smallest absolute Gasteiger partial charge is 0.408 e. The van der Waals surface area contributed by atoms with Crippen LogP contribution in [0.1, 0.15) is 84.0 Å². The fraction of sp³-hybridized carbons (Fsp3) is 0.513. The van der Waals surface area contributed by atoms with Gasteiger partial charge in [-0.15, -0.1) is 0 Å². The Hall–Kier alpha value is -4.71. The number of carbonyl (C=O) groups excluding carboxylic acids is 4. The molecule has 0 radical (unpaired) electrons. The normalized spacial score (nSPS) is 13.8. The van der Waals surface area contributed by atoms with Crippen molar-refractivity contribution in [1.29, 1.82) is 0 Å². The average Bonchev–Trinajstić information content (AvgIpc) is 3.59. The van der Waals surface area contributed by atoms with E-state index in [2.05, 4.69) is 25.9 Å². The molecule has 51 heavy (non-hydrogen) atoms. The van der Waals surface area contributed by atoms with E-state index in [1.54, 1.807) is 31.9 Å². The number of amides is 4. The predicted octanol–water partition coefficient (Wildman–Crippen LogP) is 4.68. The average molecular weight is 705 g/mol. The largest absolute Gasteiger partial charge is 0.444 e. The molecule has 0 fully saturated rings. The van der Waals surface area contributed by atoms with E-state index >= 15 is 0 Å². The summed E-state index contributed by atoms with van der Waals surface area (Å²) >= 11 is 0. The fourth-order valence-electron chi connectivity index (χ4n) is 5.61. The highest BCUT2D eigenvalue weighted by Gasteiger charge is 2.32. The molecule has 4 amide bonds. The van der Waals surface area contributed by atoms with Crippen molar-refractivity contribution in [3.05, 3.63) is 90.0 Å². The van der Waals surface area contributed by atoms with E-state index in [-0.39, 0.29) is 31.2 Å². The lowest BCUT2D eigenvalue weighted by atomic mass is 9.97. The second kappa shape index (κ2) is 20.2. The van der Waals surface area contributed by atoms with E-state index in [1.165, 1.54) is 6.33 Å². The summed E-state index contributed by atoms with van der Waals surface area (Å²) in [6, 6.07) is 15.9. The highest BCUT2D eigenvalue weighted by atomic mass is 16.6. The van der Waals surface area contributed by atoms with E-state index in [0.29, 0.717) is 25.1 Å². The minimum atomic E-state index is -1.09. The third-order valence-electron chi connectivity index (χ3n) is 8.14. The van der Waals surface area contributed by atoms with Crippen LogP contribution in [0.4, 0.5) is 4.79 Å². The number of aliphatic hydroxyl groups excluding tert-OH is 1. The topological polar surface area (TPSA) is 166 Å². The molecule has 278 valence electrons. The summed E-state index contributed by atoms with van der Waals surface area (Å²) in [6.07, 6.45) is 3.80. The molecule has 4 atom stereocenters. The predicted molar refractivity (Wildman–Crippen MR) is 196 cm³/mol. The van der Waals surface area contributed by atoms with Crippen LogP contribution >= 0.6 is 0 Å². The first-order valence-corrected chi connectivity index (χ1v) is 17.8. The molecule has 1 aromatic heterocycles. The van der Waals surface area contributed by atoms with E-state index in [0.717, 1.165) is 24.0 Å². The van der Waals surface area contributed by atoms with Crippen molar-refractivity contribution in [3.8, 4) is 0 Å². The van der Waals surface area contributed by atoms with Crippen molar-refractivity contribution in [2.75, 3.05) is 6.54 Å². The number of aromatic amines is 1. The molecule has 1 heterocycles. The van der Waals surface area contributed by atoms with Gasteiger partial charge < -0.3 is 35.7 Å². The zero-order chi connectivity index (χ0) is 37.4. The van der Waals surface area contributed by atoms with Crippen molar-refractivity contribution >= 4 is 23.8 Å². The molecule has 0 spiro atoms. The van der Waals surface area contributed by atoms with Crippen LogP contribution in [0.3, 0.4) is 0 Å². The zero-order valence-electron chi connectivity index (χ0n) is 30.9. The number of imidazole rings is 1. The molecule has 0 saturated carbocycles. The van der Waals surface area contributed by atoms with Gasteiger partial charge in [0.2, 0.25) is 17.7 Å². The van der Waals surface area contributed by atoms with Crippen LogP contribution in [-0.2, 0) is 38.5 Å². The summed E-state index contributed by atoms with van der Waals surface area (Å²) in [4.78, 5) is 62.8. The lowest BCUT2D eigenvalue weighted by molar-refractivity contribution is -0.134.